The van der Waals surface area contributed by atoms with Crippen LogP contribution in [-0.2, 0) is 43.8 Å². The highest BCUT2D eigenvalue weighted by molar-refractivity contribution is 7.89. The second-order valence-corrected chi connectivity index (χ2v) is 13.8. The van der Waals surface area contributed by atoms with Crippen molar-refractivity contribution in [2.24, 2.45) is 22.4 Å². The maximum atomic E-state index is 14.3. The van der Waals surface area contributed by atoms with Gasteiger partial charge in [-0.1, -0.05) is 55.7 Å². The zero-order chi connectivity index (χ0) is 33.1. The number of carbonyl (C=O) groups is 2. The summed E-state index contributed by atoms with van der Waals surface area (Å²) in [6, 6.07) is 11.8. The molecule has 0 spiro atoms. The Labute approximate surface area is 270 Å². The summed E-state index contributed by atoms with van der Waals surface area (Å²) < 4.78 is 33.5. The van der Waals surface area contributed by atoms with Gasteiger partial charge >= 0.3 is 16.0 Å². The molecule has 0 heterocycles. The Bertz CT molecular complexity index is 1490. The highest BCUT2D eigenvalue weighted by atomic mass is 32.2. The van der Waals surface area contributed by atoms with Gasteiger partial charge in [0.25, 0.3) is 5.91 Å². The molecule has 0 saturated heterocycles. The molecular formula is C32H44N6O7S. The predicted molar refractivity (Wildman–Crippen MR) is 172 cm³/mol. The van der Waals surface area contributed by atoms with Gasteiger partial charge in [0.05, 0.1) is 4.90 Å². The molecule has 1 saturated carbocycles. The lowest BCUT2D eigenvalue weighted by molar-refractivity contribution is -0.625. The minimum Gasteiger partial charge on any atom is -0.459 e. The van der Waals surface area contributed by atoms with E-state index >= 15 is 0 Å². The Morgan fingerprint density at radius 1 is 1.00 bits per heavy atom. The van der Waals surface area contributed by atoms with Crippen molar-refractivity contribution in [2.75, 3.05) is 19.6 Å². The van der Waals surface area contributed by atoms with Crippen molar-refractivity contribution in [3.8, 4) is 0 Å². The number of amides is 1. The van der Waals surface area contributed by atoms with Gasteiger partial charge in [-0.3, -0.25) is 14.6 Å². The molecule has 2 aliphatic rings. The van der Waals surface area contributed by atoms with Crippen LogP contribution in [0.15, 0.2) is 58.4 Å². The van der Waals surface area contributed by atoms with Gasteiger partial charge in [0.15, 0.2) is 17.0 Å². The molecule has 250 valence electrons. The van der Waals surface area contributed by atoms with Crippen LogP contribution in [0.25, 0.3) is 0 Å². The van der Waals surface area contributed by atoms with Gasteiger partial charge in [-0.2, -0.15) is 8.42 Å². The smallest absolute Gasteiger partial charge is 0.325 e. The van der Waals surface area contributed by atoms with E-state index in [1.165, 1.54) is 17.0 Å². The molecule has 4 N–H and O–H groups in total. The first kappa shape index (κ1) is 34.7. The van der Waals surface area contributed by atoms with Gasteiger partial charge in [-0.15, -0.1) is 0 Å². The molecule has 0 aromatic heterocycles. The molecule has 0 aliphatic heterocycles. The van der Waals surface area contributed by atoms with Gasteiger partial charge in [0.2, 0.25) is 0 Å². The number of sulfonamides is 1. The van der Waals surface area contributed by atoms with Crippen molar-refractivity contribution in [2.45, 2.75) is 88.2 Å². The van der Waals surface area contributed by atoms with E-state index in [9.17, 15) is 28.1 Å². The summed E-state index contributed by atoms with van der Waals surface area (Å²) >= 11 is 0. The largest absolute Gasteiger partial charge is 0.459 e. The molecule has 1 fully saturated rings. The second kappa shape index (κ2) is 16.4. The fourth-order valence-electron chi connectivity index (χ4n) is 6.23. The number of nitrogens with zero attached hydrogens (tertiary/aromatic N) is 4. The lowest BCUT2D eigenvalue weighted by Gasteiger charge is -2.33. The summed E-state index contributed by atoms with van der Waals surface area (Å²) in [4.78, 5) is 44.9. The zero-order valence-electron chi connectivity index (χ0n) is 26.1. The number of guanidine groups is 1. The van der Waals surface area contributed by atoms with E-state index in [4.69, 9.17) is 16.2 Å². The average molecular weight is 657 g/mol. The van der Waals surface area contributed by atoms with E-state index in [0.29, 0.717) is 6.42 Å². The first-order valence-corrected chi connectivity index (χ1v) is 17.3. The third-order valence-corrected chi connectivity index (χ3v) is 10.3. The number of carbonyl (C=O) groups excluding carboxylic acids is 2. The first-order chi connectivity index (χ1) is 22.1. The Balaban J connectivity index is 1.65. The molecule has 14 heteroatoms. The van der Waals surface area contributed by atoms with Crippen LogP contribution in [0.3, 0.4) is 0 Å². The number of aliphatic imine (C=N–C) groups is 1. The maximum absolute atomic E-state index is 14.3. The van der Waals surface area contributed by atoms with E-state index in [0.717, 1.165) is 68.1 Å². The molecule has 0 radical (unpaired) electrons. The van der Waals surface area contributed by atoms with Crippen molar-refractivity contribution in [3.63, 3.8) is 0 Å². The van der Waals surface area contributed by atoms with E-state index < -0.39 is 39.5 Å². The summed E-state index contributed by atoms with van der Waals surface area (Å²) in [5.74, 6) is -1.68. The van der Waals surface area contributed by atoms with Crippen LogP contribution in [-0.4, -0.2) is 66.3 Å². The van der Waals surface area contributed by atoms with E-state index in [1.54, 1.807) is 18.2 Å². The van der Waals surface area contributed by atoms with E-state index in [2.05, 4.69) is 4.99 Å². The monoisotopic (exact) mass is 656 g/mol. The lowest BCUT2D eigenvalue weighted by Crippen LogP contribution is -2.55. The topological polar surface area (TPSA) is 192 Å². The van der Waals surface area contributed by atoms with Gasteiger partial charge in [0.1, 0.15) is 13.2 Å². The van der Waals surface area contributed by atoms with Crippen molar-refractivity contribution >= 4 is 27.9 Å². The number of hydrogen-bond acceptors (Lipinski definition) is 8. The third-order valence-electron chi connectivity index (χ3n) is 8.58. The number of nitro groups is 1. The first-order valence-electron chi connectivity index (χ1n) is 15.9. The van der Waals surface area contributed by atoms with Crippen LogP contribution in [0.5, 0.6) is 0 Å². The number of aryl methyl sites for hydroxylation is 2. The SMILES string of the molecule is NC(N)=NCCC[C@@H](C(=O)N(CC(=O)OCc1ccccc1)CC1CCCCC1)N([N+](=O)[O-])S(=O)(=O)c1ccc2c(c1)CCCC2. The lowest BCUT2D eigenvalue weighted by atomic mass is 9.88. The quantitative estimate of drug-likeness (QED) is 0.0723. The standard InChI is InChI=1S/C32H44N6O7S/c33-32(34)35-19-9-16-29(37(38(41)42)46(43,44)28-18-17-26-14-7-8-15-27(26)20-28)31(40)36(21-24-10-3-1-4-11-24)22-30(39)45-23-25-12-5-2-6-13-25/h2,5-6,12-13,17-18,20,24,29H,1,3-4,7-11,14-16,19,21-23H2,(H4,33,34,35)/t29-/m0/s1. The summed E-state index contributed by atoms with van der Waals surface area (Å²) in [7, 11) is -4.79. The van der Waals surface area contributed by atoms with Gasteiger partial charge < -0.3 is 21.1 Å². The van der Waals surface area contributed by atoms with Crippen molar-refractivity contribution < 1.29 is 27.8 Å². The van der Waals surface area contributed by atoms with Crippen LogP contribution in [0.2, 0.25) is 0 Å². The van der Waals surface area contributed by atoms with Crippen molar-refractivity contribution in [3.05, 3.63) is 75.3 Å². The Hall–Kier alpha value is -4.20. The molecule has 2 aliphatic carbocycles. The summed E-state index contributed by atoms with van der Waals surface area (Å²) in [5.41, 5.74) is 13.5. The number of ether oxygens (including phenoxy) is 1. The predicted octanol–water partition coefficient (Wildman–Crippen LogP) is 3.32. The maximum Gasteiger partial charge on any atom is 0.325 e. The minimum absolute atomic E-state index is 0.0131. The summed E-state index contributed by atoms with van der Waals surface area (Å²) in [5, 5.41) is 11.6. The Kier molecular flexibility index (Phi) is 12.4. The highest BCUT2D eigenvalue weighted by Gasteiger charge is 2.46. The van der Waals surface area contributed by atoms with E-state index in [-0.39, 0.29) is 53.7 Å². The fraction of sp³-hybridized carbons (Fsp3) is 0.531. The minimum atomic E-state index is -4.79. The van der Waals surface area contributed by atoms with Crippen LogP contribution < -0.4 is 11.5 Å². The second-order valence-electron chi connectivity index (χ2n) is 12.0. The van der Waals surface area contributed by atoms with Gasteiger partial charge in [-0.05, 0) is 86.1 Å². The van der Waals surface area contributed by atoms with Crippen LogP contribution in [0.1, 0.15) is 74.5 Å². The molecule has 13 nitrogen and oxygen atoms in total. The highest BCUT2D eigenvalue weighted by Crippen LogP contribution is 2.29. The molecule has 4 rings (SSSR count). The number of rotatable bonds is 15. The molecule has 1 atom stereocenters. The molecular weight excluding hydrogens is 612 g/mol. The van der Waals surface area contributed by atoms with Crippen molar-refractivity contribution in [1.82, 2.24) is 9.31 Å². The molecule has 1 amide bonds. The van der Waals surface area contributed by atoms with Gasteiger partial charge in [0, 0.05) is 17.5 Å². The van der Waals surface area contributed by atoms with Gasteiger partial charge in [-0.25, -0.2) is 10.1 Å². The molecule has 0 unspecified atom stereocenters. The number of esters is 1. The summed E-state index contributed by atoms with van der Waals surface area (Å²) in [6.45, 7) is -0.315. The number of benzene rings is 2. The molecule has 0 bridgehead atoms. The third kappa shape index (κ3) is 9.41. The van der Waals surface area contributed by atoms with Crippen LogP contribution in [0, 0.1) is 16.0 Å². The molecule has 2 aromatic carbocycles. The Morgan fingerprint density at radius 3 is 2.37 bits per heavy atom. The number of hydrogen-bond donors (Lipinski definition) is 2. The number of fused-ring (bicyclic) bond motifs is 1. The molecule has 46 heavy (non-hydrogen) atoms. The van der Waals surface area contributed by atoms with E-state index in [1.807, 2.05) is 18.2 Å². The fourth-order valence-corrected chi connectivity index (χ4v) is 7.69. The number of nitrogens with two attached hydrogens (primary N) is 2. The van der Waals surface area contributed by atoms with Crippen molar-refractivity contribution in [1.29, 1.82) is 0 Å². The molecule has 2 aromatic rings. The average Bonchev–Trinajstić information content (AvgIpc) is 3.04. The Morgan fingerprint density at radius 2 is 1.70 bits per heavy atom. The van der Waals surface area contributed by atoms with Crippen LogP contribution in [0.4, 0.5) is 0 Å². The summed E-state index contributed by atoms with van der Waals surface area (Å²) in [6.07, 6.45) is 7.79. The normalized spacial score (nSPS) is 15.7. The van der Waals surface area contributed by atoms with Crippen LogP contribution >= 0.6 is 0 Å². The number of hydrazine groups is 1. The zero-order valence-corrected chi connectivity index (χ0v) is 26.9.